The molecule has 0 amide bonds. The van der Waals surface area contributed by atoms with Gasteiger partial charge in [-0.1, -0.05) is 27.7 Å². The molecule has 0 saturated carbocycles. The summed E-state index contributed by atoms with van der Waals surface area (Å²) >= 11 is 4.70. The summed E-state index contributed by atoms with van der Waals surface area (Å²) in [4.78, 5) is 17.5. The molecule has 0 radical (unpaired) electrons. The quantitative estimate of drug-likeness (QED) is 0.791. The zero-order chi connectivity index (χ0) is 15.6. The van der Waals surface area contributed by atoms with Crippen LogP contribution in [0.25, 0.3) is 11.0 Å². The molecular formula is C14H18BrN3O2S. The van der Waals surface area contributed by atoms with Gasteiger partial charge in [-0.3, -0.25) is 4.79 Å². The van der Waals surface area contributed by atoms with Crippen molar-refractivity contribution in [3.63, 3.8) is 0 Å². The Hall–Kier alpha value is -1.05. The fraction of sp³-hybridized carbons (Fsp3) is 0.429. The molecule has 0 saturated heterocycles. The zero-order valence-electron chi connectivity index (χ0n) is 12.2. The maximum absolute atomic E-state index is 10.8. The van der Waals surface area contributed by atoms with Gasteiger partial charge in [0.2, 0.25) is 0 Å². The molecule has 1 atom stereocenters. The van der Waals surface area contributed by atoms with E-state index in [1.165, 1.54) is 11.8 Å². The number of carboxylic acids is 1. The van der Waals surface area contributed by atoms with Crippen LogP contribution in [0, 0.1) is 0 Å². The van der Waals surface area contributed by atoms with Crippen LogP contribution >= 0.6 is 27.7 Å². The standard InChI is InChI=1S/C14H18BrN3O2S/c1-9(17(2)3)7-18-12-5-4-10(15)6-11(12)16-14(18)21-8-13(19)20/h4-6,9H,7-8H2,1-3H3,(H,19,20). The monoisotopic (exact) mass is 371 g/mol. The second-order valence-electron chi connectivity index (χ2n) is 5.13. The highest BCUT2D eigenvalue weighted by Crippen LogP contribution is 2.27. The normalized spacial score (nSPS) is 13.0. The van der Waals surface area contributed by atoms with Crippen LogP contribution in [0.15, 0.2) is 27.8 Å². The molecule has 0 aliphatic carbocycles. The molecule has 21 heavy (non-hydrogen) atoms. The first kappa shape index (κ1) is 16.3. The van der Waals surface area contributed by atoms with E-state index in [-0.39, 0.29) is 5.75 Å². The molecule has 114 valence electrons. The number of fused-ring (bicyclic) bond motifs is 1. The number of carboxylic acid groups (broad SMARTS) is 1. The van der Waals surface area contributed by atoms with Crippen LogP contribution in [-0.2, 0) is 11.3 Å². The van der Waals surface area contributed by atoms with E-state index in [4.69, 9.17) is 5.11 Å². The van der Waals surface area contributed by atoms with Gasteiger partial charge in [-0.25, -0.2) is 4.98 Å². The number of aromatic nitrogens is 2. The minimum atomic E-state index is -0.833. The lowest BCUT2D eigenvalue weighted by molar-refractivity contribution is -0.133. The summed E-state index contributed by atoms with van der Waals surface area (Å²) in [6.45, 7) is 2.91. The van der Waals surface area contributed by atoms with Crippen molar-refractivity contribution in [1.29, 1.82) is 0 Å². The van der Waals surface area contributed by atoms with Crippen LogP contribution in [0.2, 0.25) is 0 Å². The van der Waals surface area contributed by atoms with E-state index in [1.807, 2.05) is 32.3 Å². The second kappa shape index (κ2) is 6.81. The lowest BCUT2D eigenvalue weighted by atomic mass is 10.3. The lowest BCUT2D eigenvalue weighted by Gasteiger charge is -2.21. The minimum Gasteiger partial charge on any atom is -0.481 e. The number of carbonyl (C=O) groups is 1. The molecule has 7 heteroatoms. The number of halogens is 1. The third kappa shape index (κ3) is 3.99. The molecule has 1 heterocycles. The average Bonchev–Trinajstić information content (AvgIpc) is 2.73. The molecule has 1 unspecified atom stereocenters. The first-order valence-electron chi connectivity index (χ1n) is 6.55. The highest BCUT2D eigenvalue weighted by molar-refractivity contribution is 9.10. The van der Waals surface area contributed by atoms with Crippen molar-refractivity contribution in [3.8, 4) is 0 Å². The number of imidazole rings is 1. The Bertz CT molecular complexity index is 657. The predicted octanol–water partition coefficient (Wildman–Crippen LogP) is 2.93. The molecule has 1 N–H and O–H groups in total. The van der Waals surface area contributed by atoms with Crippen LogP contribution < -0.4 is 0 Å². The van der Waals surface area contributed by atoms with Gasteiger partial charge in [0.25, 0.3) is 0 Å². The fourth-order valence-corrected chi connectivity index (χ4v) is 3.01. The van der Waals surface area contributed by atoms with Crippen LogP contribution in [0.1, 0.15) is 6.92 Å². The number of nitrogens with zero attached hydrogens (tertiary/aromatic N) is 3. The van der Waals surface area contributed by atoms with Crippen molar-refractivity contribution in [3.05, 3.63) is 22.7 Å². The maximum Gasteiger partial charge on any atom is 0.313 e. The smallest absolute Gasteiger partial charge is 0.313 e. The van der Waals surface area contributed by atoms with Crippen LogP contribution in [-0.4, -0.2) is 51.4 Å². The van der Waals surface area contributed by atoms with Crippen LogP contribution in [0.4, 0.5) is 0 Å². The van der Waals surface area contributed by atoms with E-state index in [2.05, 4.69) is 37.3 Å². The molecule has 0 spiro atoms. The predicted molar refractivity (Wildman–Crippen MR) is 88.9 cm³/mol. The number of hydrogen-bond donors (Lipinski definition) is 1. The number of hydrogen-bond acceptors (Lipinski definition) is 4. The van der Waals surface area contributed by atoms with Gasteiger partial charge < -0.3 is 14.6 Å². The number of thioether (sulfide) groups is 1. The highest BCUT2D eigenvalue weighted by atomic mass is 79.9. The molecule has 0 fully saturated rings. The van der Waals surface area contributed by atoms with Crippen molar-refractivity contribution in [1.82, 2.24) is 14.5 Å². The maximum atomic E-state index is 10.8. The zero-order valence-corrected chi connectivity index (χ0v) is 14.6. The summed E-state index contributed by atoms with van der Waals surface area (Å²) in [6.07, 6.45) is 0. The summed E-state index contributed by atoms with van der Waals surface area (Å²) in [5.74, 6) is -0.818. The average molecular weight is 372 g/mol. The lowest BCUT2D eigenvalue weighted by Crippen LogP contribution is -2.29. The summed E-state index contributed by atoms with van der Waals surface area (Å²) < 4.78 is 3.06. The van der Waals surface area contributed by atoms with Gasteiger partial charge in [0.1, 0.15) is 0 Å². The number of benzene rings is 1. The topological polar surface area (TPSA) is 58.4 Å². The Morgan fingerprint density at radius 2 is 2.24 bits per heavy atom. The van der Waals surface area contributed by atoms with Crippen molar-refractivity contribution < 1.29 is 9.90 Å². The summed E-state index contributed by atoms with van der Waals surface area (Å²) in [5, 5.41) is 9.63. The van der Waals surface area contributed by atoms with E-state index < -0.39 is 5.97 Å². The van der Waals surface area contributed by atoms with Crippen LogP contribution in [0.5, 0.6) is 0 Å². The molecule has 0 bridgehead atoms. The first-order valence-corrected chi connectivity index (χ1v) is 8.33. The molecule has 1 aromatic heterocycles. The third-order valence-electron chi connectivity index (χ3n) is 3.33. The summed E-state index contributed by atoms with van der Waals surface area (Å²) in [6, 6.07) is 6.28. The molecule has 5 nitrogen and oxygen atoms in total. The van der Waals surface area contributed by atoms with Gasteiger partial charge in [0.15, 0.2) is 5.16 Å². The SMILES string of the molecule is CC(Cn1c(SCC(=O)O)nc2cc(Br)ccc21)N(C)C. The first-order chi connectivity index (χ1) is 9.88. The summed E-state index contributed by atoms with van der Waals surface area (Å²) in [5.41, 5.74) is 1.91. The van der Waals surface area contributed by atoms with Crippen LogP contribution in [0.3, 0.4) is 0 Å². The third-order valence-corrected chi connectivity index (χ3v) is 4.78. The fourth-order valence-electron chi connectivity index (χ4n) is 1.92. The van der Waals surface area contributed by atoms with Gasteiger partial charge >= 0.3 is 5.97 Å². The van der Waals surface area contributed by atoms with E-state index in [0.29, 0.717) is 6.04 Å². The largest absolute Gasteiger partial charge is 0.481 e. The Balaban J connectivity index is 2.41. The van der Waals surface area contributed by atoms with Gasteiger partial charge in [-0.15, -0.1) is 0 Å². The Morgan fingerprint density at radius 1 is 1.52 bits per heavy atom. The molecule has 1 aromatic carbocycles. The highest BCUT2D eigenvalue weighted by Gasteiger charge is 2.16. The molecule has 2 rings (SSSR count). The van der Waals surface area contributed by atoms with E-state index in [0.717, 1.165) is 27.2 Å². The van der Waals surface area contributed by atoms with Gasteiger partial charge in [-0.05, 0) is 39.2 Å². The second-order valence-corrected chi connectivity index (χ2v) is 6.99. The Labute approximate surface area is 136 Å². The Kier molecular flexibility index (Phi) is 5.29. The van der Waals surface area contributed by atoms with Gasteiger partial charge in [0.05, 0.1) is 16.8 Å². The number of aliphatic carboxylic acids is 1. The van der Waals surface area contributed by atoms with E-state index in [9.17, 15) is 4.79 Å². The number of rotatable bonds is 6. The van der Waals surface area contributed by atoms with E-state index in [1.54, 1.807) is 0 Å². The van der Waals surface area contributed by atoms with Crippen molar-refractivity contribution in [2.75, 3.05) is 19.8 Å². The number of likely N-dealkylation sites (N-methyl/N-ethyl adjacent to an activating group) is 1. The molecular weight excluding hydrogens is 354 g/mol. The van der Waals surface area contributed by atoms with E-state index >= 15 is 0 Å². The van der Waals surface area contributed by atoms with Gasteiger partial charge in [0, 0.05) is 17.1 Å². The molecule has 2 aromatic rings. The van der Waals surface area contributed by atoms with Gasteiger partial charge in [-0.2, -0.15) is 0 Å². The molecule has 0 aliphatic rings. The molecule has 0 aliphatic heterocycles. The Morgan fingerprint density at radius 3 is 2.86 bits per heavy atom. The summed E-state index contributed by atoms with van der Waals surface area (Å²) in [7, 11) is 4.06. The van der Waals surface area contributed by atoms with Crippen molar-refractivity contribution in [2.24, 2.45) is 0 Å². The van der Waals surface area contributed by atoms with Crippen molar-refractivity contribution in [2.45, 2.75) is 24.7 Å². The van der Waals surface area contributed by atoms with Crippen molar-refractivity contribution >= 4 is 44.7 Å². The minimum absolute atomic E-state index is 0.0147.